The van der Waals surface area contributed by atoms with Crippen LogP contribution in [-0.4, -0.2) is 10.2 Å². The van der Waals surface area contributed by atoms with Gasteiger partial charge < -0.3 is 10.2 Å². The van der Waals surface area contributed by atoms with Crippen molar-refractivity contribution < 1.29 is 14.6 Å². The van der Waals surface area contributed by atoms with Crippen LogP contribution in [-0.2, 0) is 12.0 Å². The van der Waals surface area contributed by atoms with Gasteiger partial charge in [0.1, 0.15) is 11.6 Å². The lowest BCUT2D eigenvalue weighted by molar-refractivity contribution is 0.282. The molecule has 1 fully saturated rings. The van der Waals surface area contributed by atoms with Gasteiger partial charge in [0.15, 0.2) is 0 Å². The van der Waals surface area contributed by atoms with Crippen molar-refractivity contribution in [1.29, 1.82) is 0 Å². The lowest BCUT2D eigenvalue weighted by Gasteiger charge is -2.34. The average molecular weight is 467 g/mol. The molecule has 2 nitrogen and oxygen atoms in total. The van der Waals surface area contributed by atoms with Crippen LogP contribution in [0, 0.1) is 12.7 Å². The predicted molar refractivity (Wildman–Crippen MR) is 140 cm³/mol. The molecule has 0 aliphatic heterocycles. The number of aliphatic hydroxyl groups is 1. The van der Waals surface area contributed by atoms with E-state index in [1.807, 2.05) is 18.2 Å². The lowest BCUT2D eigenvalue weighted by Crippen LogP contribution is -2.26. The number of halogens is 1. The van der Waals surface area contributed by atoms with Gasteiger partial charge in [-0.3, -0.25) is 0 Å². The minimum Gasteiger partial charge on any atom is -0.507 e. The zero-order chi connectivity index (χ0) is 24.2. The zero-order valence-corrected chi connectivity index (χ0v) is 20.2. The number of aryl methyl sites for hydroxylation is 1. The molecule has 2 aliphatic rings. The summed E-state index contributed by atoms with van der Waals surface area (Å²) in [5, 5.41) is 23.4. The molecule has 4 aromatic carbocycles. The van der Waals surface area contributed by atoms with Crippen LogP contribution in [0.25, 0.3) is 33.0 Å². The maximum atomic E-state index is 13.6. The van der Waals surface area contributed by atoms with Gasteiger partial charge in [-0.2, -0.15) is 0 Å². The summed E-state index contributed by atoms with van der Waals surface area (Å²) in [6.07, 6.45) is 8.40. The van der Waals surface area contributed by atoms with Crippen LogP contribution in [0.1, 0.15) is 67.2 Å². The number of phenols is 1. The summed E-state index contributed by atoms with van der Waals surface area (Å²) in [6, 6.07) is 19.1. The molecule has 2 aliphatic carbocycles. The average Bonchev–Trinajstić information content (AvgIpc) is 3.10. The Morgan fingerprint density at radius 1 is 0.771 bits per heavy atom. The second kappa shape index (κ2) is 8.49. The van der Waals surface area contributed by atoms with Crippen molar-refractivity contribution in [2.75, 3.05) is 0 Å². The summed E-state index contributed by atoms with van der Waals surface area (Å²) >= 11 is 0. The molecule has 0 heterocycles. The Morgan fingerprint density at radius 3 is 2.20 bits per heavy atom. The van der Waals surface area contributed by atoms with Gasteiger partial charge in [0.25, 0.3) is 0 Å². The van der Waals surface area contributed by atoms with Crippen LogP contribution in [0.3, 0.4) is 0 Å². The Kier molecular flexibility index (Phi) is 5.41. The third-order valence-corrected chi connectivity index (χ3v) is 8.35. The van der Waals surface area contributed by atoms with E-state index >= 15 is 0 Å². The maximum absolute atomic E-state index is 13.6. The second-order valence-electron chi connectivity index (χ2n) is 10.4. The molecule has 1 saturated carbocycles. The fourth-order valence-electron chi connectivity index (χ4n) is 6.66. The number of aliphatic hydroxyl groups excluding tert-OH is 1. The van der Waals surface area contributed by atoms with Crippen molar-refractivity contribution in [2.45, 2.75) is 63.9 Å². The molecular weight excluding hydrogens is 435 g/mol. The van der Waals surface area contributed by atoms with Crippen molar-refractivity contribution >= 4 is 10.8 Å². The second-order valence-corrected chi connectivity index (χ2v) is 10.4. The molecule has 0 atom stereocenters. The van der Waals surface area contributed by atoms with Gasteiger partial charge >= 0.3 is 0 Å². The SMILES string of the molecule is Cc1ccc2c(c1)C1(CCCCCCC1)c1cc(O)c3cc(-c4ccc(F)cc4)c(CO)cc3c1-2. The molecule has 6 rings (SSSR count). The summed E-state index contributed by atoms with van der Waals surface area (Å²) in [4.78, 5) is 0. The smallest absolute Gasteiger partial charge is 0.123 e. The topological polar surface area (TPSA) is 40.5 Å². The first-order valence-corrected chi connectivity index (χ1v) is 12.8. The summed E-state index contributed by atoms with van der Waals surface area (Å²) in [6.45, 7) is 2.04. The fourth-order valence-corrected chi connectivity index (χ4v) is 6.66. The quantitative estimate of drug-likeness (QED) is 0.313. The molecule has 0 unspecified atom stereocenters. The highest BCUT2D eigenvalue weighted by Crippen LogP contribution is 2.58. The minimum atomic E-state index is -0.294. The summed E-state index contributed by atoms with van der Waals surface area (Å²) in [5.74, 6) is -0.0188. The van der Waals surface area contributed by atoms with Gasteiger partial charge in [0.2, 0.25) is 0 Å². The monoisotopic (exact) mass is 466 g/mol. The van der Waals surface area contributed by atoms with Crippen LogP contribution in [0.2, 0.25) is 0 Å². The van der Waals surface area contributed by atoms with Gasteiger partial charge in [-0.05, 0) is 94.4 Å². The van der Waals surface area contributed by atoms with Gasteiger partial charge in [-0.1, -0.05) is 68.0 Å². The number of hydrogen-bond acceptors (Lipinski definition) is 2. The molecule has 0 saturated heterocycles. The number of phenolic OH excluding ortho intramolecular Hbond substituents is 1. The van der Waals surface area contributed by atoms with E-state index < -0.39 is 0 Å². The Morgan fingerprint density at radius 2 is 1.49 bits per heavy atom. The standard InChI is InChI=1S/C32H31FO2/c1-20-7-12-24-28(15-20)32(13-5-3-2-4-6-14-32)29-18-30(35)26-17-25(21-8-10-23(33)11-9-21)22(19-34)16-27(26)31(24)29/h7-12,15-18,34-35H,2-6,13-14,19H2,1H3. The molecule has 3 heteroatoms. The third kappa shape index (κ3) is 3.48. The van der Waals surface area contributed by atoms with E-state index in [2.05, 4.69) is 25.1 Å². The Bertz CT molecular complexity index is 1430. The number of rotatable bonds is 2. The molecule has 2 N–H and O–H groups in total. The van der Waals surface area contributed by atoms with Crippen molar-refractivity contribution in [3.05, 3.63) is 88.7 Å². The highest BCUT2D eigenvalue weighted by atomic mass is 19.1. The molecule has 0 bridgehead atoms. The van der Waals surface area contributed by atoms with Gasteiger partial charge in [-0.15, -0.1) is 0 Å². The van der Waals surface area contributed by atoms with Crippen molar-refractivity contribution in [3.63, 3.8) is 0 Å². The Balaban J connectivity index is 1.65. The number of hydrogen-bond donors (Lipinski definition) is 2. The van der Waals surface area contributed by atoms with E-state index in [0.717, 1.165) is 40.3 Å². The molecule has 0 radical (unpaired) electrons. The van der Waals surface area contributed by atoms with Gasteiger partial charge in [-0.25, -0.2) is 4.39 Å². The number of benzene rings is 4. The van der Waals surface area contributed by atoms with Crippen molar-refractivity contribution in [1.82, 2.24) is 0 Å². The van der Waals surface area contributed by atoms with E-state index in [0.29, 0.717) is 0 Å². The summed E-state index contributed by atoms with van der Waals surface area (Å²) in [5.41, 5.74) is 8.71. The Labute approximate surface area is 206 Å². The predicted octanol–water partition coefficient (Wildman–Crippen LogP) is 8.16. The van der Waals surface area contributed by atoms with E-state index in [-0.39, 0.29) is 23.6 Å². The van der Waals surface area contributed by atoms with Crippen LogP contribution < -0.4 is 0 Å². The van der Waals surface area contributed by atoms with Gasteiger partial charge in [0.05, 0.1) is 6.61 Å². The molecule has 0 aromatic heterocycles. The lowest BCUT2D eigenvalue weighted by atomic mass is 9.69. The highest BCUT2D eigenvalue weighted by molar-refractivity contribution is 6.07. The first kappa shape index (κ1) is 22.3. The summed E-state index contributed by atoms with van der Waals surface area (Å²) < 4.78 is 13.6. The van der Waals surface area contributed by atoms with E-state index in [4.69, 9.17) is 0 Å². The normalized spacial score (nSPS) is 16.7. The van der Waals surface area contributed by atoms with Crippen LogP contribution in [0.4, 0.5) is 4.39 Å². The van der Waals surface area contributed by atoms with Crippen molar-refractivity contribution in [3.8, 4) is 28.0 Å². The molecule has 178 valence electrons. The third-order valence-electron chi connectivity index (χ3n) is 8.35. The summed E-state index contributed by atoms with van der Waals surface area (Å²) in [7, 11) is 0. The van der Waals surface area contributed by atoms with Crippen LogP contribution in [0.5, 0.6) is 5.75 Å². The highest BCUT2D eigenvalue weighted by Gasteiger charge is 2.44. The van der Waals surface area contributed by atoms with E-state index in [1.54, 1.807) is 12.1 Å². The largest absolute Gasteiger partial charge is 0.507 e. The molecular formula is C32H31FO2. The maximum Gasteiger partial charge on any atom is 0.123 e. The molecule has 1 spiro atoms. The Hall–Kier alpha value is -3.17. The van der Waals surface area contributed by atoms with E-state index in [9.17, 15) is 14.6 Å². The van der Waals surface area contributed by atoms with E-state index in [1.165, 1.54) is 72.1 Å². The number of fused-ring (bicyclic) bond motifs is 7. The fraction of sp³-hybridized carbons (Fsp3) is 0.312. The minimum absolute atomic E-state index is 0.0716. The molecule has 4 aromatic rings. The van der Waals surface area contributed by atoms with Crippen LogP contribution >= 0.6 is 0 Å². The van der Waals surface area contributed by atoms with Crippen molar-refractivity contribution in [2.24, 2.45) is 0 Å². The first-order chi connectivity index (χ1) is 17.0. The first-order valence-electron chi connectivity index (χ1n) is 12.8. The molecule has 0 amide bonds. The molecule has 35 heavy (non-hydrogen) atoms. The zero-order valence-electron chi connectivity index (χ0n) is 20.2. The number of aromatic hydroxyl groups is 1. The van der Waals surface area contributed by atoms with Crippen LogP contribution in [0.15, 0.2) is 60.7 Å². The van der Waals surface area contributed by atoms with Gasteiger partial charge in [0, 0.05) is 10.8 Å².